The highest BCUT2D eigenvalue weighted by molar-refractivity contribution is 6.07. The van der Waals surface area contributed by atoms with Crippen LogP contribution in [0.1, 0.15) is 52.4 Å². The maximum atomic E-state index is 13.0. The molecule has 2 atom stereocenters. The van der Waals surface area contributed by atoms with Gasteiger partial charge in [-0.25, -0.2) is 4.79 Å². The van der Waals surface area contributed by atoms with E-state index in [4.69, 9.17) is 0 Å². The van der Waals surface area contributed by atoms with Gasteiger partial charge in [0.25, 0.3) is 5.91 Å². The molecular formula is C16H25N3O3. The number of urea groups is 1. The van der Waals surface area contributed by atoms with Gasteiger partial charge in [-0.1, -0.05) is 20.3 Å². The maximum Gasteiger partial charge on any atom is 0.327 e. The number of hydrogen-bond donors (Lipinski definition) is 0. The number of rotatable bonds is 4. The minimum absolute atomic E-state index is 0.0207. The third-order valence-electron chi connectivity index (χ3n) is 5.39. The average molecular weight is 307 g/mol. The van der Waals surface area contributed by atoms with E-state index in [2.05, 4.69) is 6.92 Å². The highest BCUT2D eigenvalue weighted by Gasteiger charge is 2.60. The number of imide groups is 1. The Bertz CT molecular complexity index is 507. The smallest absolute Gasteiger partial charge is 0.327 e. The van der Waals surface area contributed by atoms with Gasteiger partial charge in [0.05, 0.1) is 6.04 Å². The van der Waals surface area contributed by atoms with E-state index in [-0.39, 0.29) is 23.9 Å². The van der Waals surface area contributed by atoms with Crippen molar-refractivity contribution in [1.29, 1.82) is 0 Å². The standard InChI is InChI=1S/C16H25N3O3/c1-3-7-16-8-5-9-18(16)15(22)19(14(16)21)12-6-10-17(11-12)13(20)4-2/h12H,3-11H2,1-2H3/t12-,16+/m0/s1. The van der Waals surface area contributed by atoms with Gasteiger partial charge >= 0.3 is 6.03 Å². The molecule has 6 nitrogen and oxygen atoms in total. The average Bonchev–Trinajstić information content (AvgIpc) is 3.17. The number of carbonyl (C=O) groups is 3. The van der Waals surface area contributed by atoms with Crippen molar-refractivity contribution < 1.29 is 14.4 Å². The van der Waals surface area contributed by atoms with E-state index in [1.54, 1.807) is 9.80 Å². The number of likely N-dealkylation sites (tertiary alicyclic amines) is 1. The van der Waals surface area contributed by atoms with Crippen molar-refractivity contribution in [3.05, 3.63) is 0 Å². The van der Waals surface area contributed by atoms with Crippen LogP contribution in [0, 0.1) is 0 Å². The molecule has 3 heterocycles. The Kier molecular flexibility index (Phi) is 3.87. The quantitative estimate of drug-likeness (QED) is 0.741. The van der Waals surface area contributed by atoms with Crippen molar-refractivity contribution in [3.8, 4) is 0 Å². The molecular weight excluding hydrogens is 282 g/mol. The number of amides is 4. The van der Waals surface area contributed by atoms with E-state index < -0.39 is 5.54 Å². The lowest BCUT2D eigenvalue weighted by molar-refractivity contribution is -0.135. The van der Waals surface area contributed by atoms with Crippen LogP contribution in [0.25, 0.3) is 0 Å². The van der Waals surface area contributed by atoms with Gasteiger partial charge in [-0.05, 0) is 25.7 Å². The van der Waals surface area contributed by atoms with Crippen LogP contribution in [-0.2, 0) is 9.59 Å². The van der Waals surface area contributed by atoms with Crippen molar-refractivity contribution in [2.75, 3.05) is 19.6 Å². The Hall–Kier alpha value is -1.59. The Morgan fingerprint density at radius 2 is 2.05 bits per heavy atom. The molecule has 4 amide bonds. The lowest BCUT2D eigenvalue weighted by Crippen LogP contribution is -2.47. The molecule has 0 saturated carbocycles. The maximum absolute atomic E-state index is 13.0. The first-order valence-electron chi connectivity index (χ1n) is 8.48. The van der Waals surface area contributed by atoms with Gasteiger partial charge in [-0.2, -0.15) is 0 Å². The van der Waals surface area contributed by atoms with Gasteiger partial charge in [-0.15, -0.1) is 0 Å². The lowest BCUT2D eigenvalue weighted by atomic mass is 9.90. The van der Waals surface area contributed by atoms with Crippen LogP contribution in [0.2, 0.25) is 0 Å². The highest BCUT2D eigenvalue weighted by Crippen LogP contribution is 2.42. The number of carbonyl (C=O) groups excluding carboxylic acids is 3. The number of hydrogen-bond acceptors (Lipinski definition) is 3. The van der Waals surface area contributed by atoms with Crippen molar-refractivity contribution in [2.45, 2.75) is 64.0 Å². The summed E-state index contributed by atoms with van der Waals surface area (Å²) in [4.78, 5) is 42.6. The fourth-order valence-corrected chi connectivity index (χ4v) is 4.33. The summed E-state index contributed by atoms with van der Waals surface area (Å²) in [6.45, 7) is 5.73. The molecule has 0 aromatic heterocycles. The molecule has 0 bridgehead atoms. The molecule has 0 N–H and O–H groups in total. The summed E-state index contributed by atoms with van der Waals surface area (Å²) in [5, 5.41) is 0. The van der Waals surface area contributed by atoms with Gasteiger partial charge in [0.15, 0.2) is 0 Å². The molecule has 122 valence electrons. The predicted octanol–water partition coefficient (Wildman–Crippen LogP) is 1.59. The van der Waals surface area contributed by atoms with E-state index >= 15 is 0 Å². The normalized spacial score (nSPS) is 31.4. The van der Waals surface area contributed by atoms with Crippen LogP contribution < -0.4 is 0 Å². The fraction of sp³-hybridized carbons (Fsp3) is 0.812. The van der Waals surface area contributed by atoms with E-state index in [9.17, 15) is 14.4 Å². The van der Waals surface area contributed by atoms with Crippen LogP contribution >= 0.6 is 0 Å². The summed E-state index contributed by atoms with van der Waals surface area (Å²) >= 11 is 0. The molecule has 22 heavy (non-hydrogen) atoms. The predicted molar refractivity (Wildman–Crippen MR) is 81.1 cm³/mol. The second kappa shape index (κ2) is 5.56. The molecule has 0 spiro atoms. The van der Waals surface area contributed by atoms with Crippen molar-refractivity contribution in [2.24, 2.45) is 0 Å². The van der Waals surface area contributed by atoms with Gasteiger partial charge < -0.3 is 9.80 Å². The SMILES string of the molecule is CCC[C@]12CCCN1C(=O)N([C@H]1CCN(C(=O)CC)C1)C2=O. The molecule has 3 saturated heterocycles. The zero-order valence-electron chi connectivity index (χ0n) is 13.5. The van der Waals surface area contributed by atoms with Crippen molar-refractivity contribution in [3.63, 3.8) is 0 Å². The zero-order valence-corrected chi connectivity index (χ0v) is 13.5. The van der Waals surface area contributed by atoms with Crippen LogP contribution in [0.3, 0.4) is 0 Å². The summed E-state index contributed by atoms with van der Waals surface area (Å²) in [5.74, 6) is 0.0815. The zero-order chi connectivity index (χ0) is 15.9. The van der Waals surface area contributed by atoms with Gasteiger partial charge in [0.2, 0.25) is 5.91 Å². The topological polar surface area (TPSA) is 60.9 Å². The molecule has 3 fully saturated rings. The summed E-state index contributed by atoms with van der Waals surface area (Å²) in [5.41, 5.74) is -0.589. The molecule has 3 rings (SSSR count). The summed E-state index contributed by atoms with van der Waals surface area (Å²) < 4.78 is 0. The first-order chi connectivity index (χ1) is 10.5. The molecule has 6 heteroatoms. The van der Waals surface area contributed by atoms with Crippen LogP contribution in [0.15, 0.2) is 0 Å². The minimum atomic E-state index is -0.589. The highest BCUT2D eigenvalue weighted by atomic mass is 16.2. The Morgan fingerprint density at radius 3 is 2.73 bits per heavy atom. The Labute approximate surface area is 131 Å². The first kappa shape index (κ1) is 15.3. The summed E-state index contributed by atoms with van der Waals surface area (Å²) in [7, 11) is 0. The largest absolute Gasteiger partial charge is 0.341 e. The fourth-order valence-electron chi connectivity index (χ4n) is 4.33. The lowest BCUT2D eigenvalue weighted by Gasteiger charge is -2.27. The van der Waals surface area contributed by atoms with Gasteiger partial charge in [-0.3, -0.25) is 14.5 Å². The van der Waals surface area contributed by atoms with E-state index in [0.717, 1.165) is 25.7 Å². The monoisotopic (exact) mass is 307 g/mol. The van der Waals surface area contributed by atoms with E-state index in [1.807, 2.05) is 6.92 Å². The molecule has 0 radical (unpaired) electrons. The second-order valence-corrected chi connectivity index (χ2v) is 6.63. The van der Waals surface area contributed by atoms with Crippen molar-refractivity contribution in [1.82, 2.24) is 14.7 Å². The van der Waals surface area contributed by atoms with Crippen molar-refractivity contribution >= 4 is 17.8 Å². The minimum Gasteiger partial charge on any atom is -0.341 e. The first-order valence-corrected chi connectivity index (χ1v) is 8.48. The summed E-state index contributed by atoms with van der Waals surface area (Å²) in [6, 6.07) is -0.276. The summed E-state index contributed by atoms with van der Waals surface area (Å²) in [6.07, 6.45) is 4.52. The number of nitrogens with zero attached hydrogens (tertiary/aromatic N) is 3. The molecule has 0 unspecified atom stereocenters. The molecule has 0 aliphatic carbocycles. The molecule has 3 aliphatic rings. The third kappa shape index (κ3) is 2.03. The van der Waals surface area contributed by atoms with Crippen LogP contribution in [-0.4, -0.2) is 63.8 Å². The second-order valence-electron chi connectivity index (χ2n) is 6.63. The molecule has 0 aromatic rings. The van der Waals surface area contributed by atoms with Crippen LogP contribution in [0.5, 0.6) is 0 Å². The van der Waals surface area contributed by atoms with Crippen LogP contribution in [0.4, 0.5) is 4.79 Å². The Balaban J connectivity index is 1.80. The molecule has 0 aromatic carbocycles. The number of fused-ring (bicyclic) bond motifs is 1. The third-order valence-corrected chi connectivity index (χ3v) is 5.39. The molecule has 3 aliphatic heterocycles. The van der Waals surface area contributed by atoms with E-state index in [1.165, 1.54) is 4.90 Å². The van der Waals surface area contributed by atoms with Gasteiger partial charge in [0, 0.05) is 26.1 Å². The Morgan fingerprint density at radius 1 is 1.27 bits per heavy atom. The van der Waals surface area contributed by atoms with Gasteiger partial charge in [0.1, 0.15) is 5.54 Å². The van der Waals surface area contributed by atoms with E-state index in [0.29, 0.717) is 32.5 Å².